The van der Waals surface area contributed by atoms with Crippen molar-refractivity contribution in [2.24, 2.45) is 0 Å². The van der Waals surface area contributed by atoms with Crippen LogP contribution in [-0.2, 0) is 19.1 Å². The van der Waals surface area contributed by atoms with Crippen LogP contribution in [0.1, 0.15) is 68.2 Å². The van der Waals surface area contributed by atoms with E-state index in [9.17, 15) is 9.59 Å². The van der Waals surface area contributed by atoms with Crippen molar-refractivity contribution < 1.29 is 29.1 Å². The molecule has 2 heterocycles. The summed E-state index contributed by atoms with van der Waals surface area (Å²) in [6, 6.07) is 23.2. The predicted molar refractivity (Wildman–Crippen MR) is 184 cm³/mol. The topological polar surface area (TPSA) is 119 Å². The van der Waals surface area contributed by atoms with Crippen molar-refractivity contribution >= 4 is 40.4 Å². The molecule has 8 nitrogen and oxygen atoms in total. The summed E-state index contributed by atoms with van der Waals surface area (Å²) in [4.78, 5) is 30.9. The minimum atomic E-state index is -1.35. The average molecular weight is 679 g/mol. The number of carbonyl (C=O) groups is 2. The van der Waals surface area contributed by atoms with Crippen molar-refractivity contribution in [3.63, 3.8) is 0 Å². The molecule has 2 atom stereocenters. The molecule has 2 unspecified atom stereocenters. The molecule has 0 amide bonds. The van der Waals surface area contributed by atoms with Gasteiger partial charge in [-0.15, -0.1) is 0 Å². The summed E-state index contributed by atoms with van der Waals surface area (Å²) in [5, 5.41) is 17.5. The molecule has 0 fully saturated rings. The number of nitrogens with zero attached hydrogens (tertiary/aromatic N) is 2. The number of carbonyl (C=O) groups excluding carboxylic acids is 2. The molecule has 10 heteroatoms. The highest BCUT2D eigenvalue weighted by Gasteiger charge is 2.14. The van der Waals surface area contributed by atoms with Crippen molar-refractivity contribution in [2.75, 3.05) is 14.2 Å². The molecule has 2 aromatic carbocycles. The summed E-state index contributed by atoms with van der Waals surface area (Å²) < 4.78 is 10.1. The van der Waals surface area contributed by atoms with Crippen LogP contribution in [0, 0.1) is 13.8 Å². The Kier molecular flexibility index (Phi) is 17.6. The van der Waals surface area contributed by atoms with Gasteiger partial charge in [-0.05, 0) is 88.0 Å². The Morgan fingerprint density at radius 2 is 1.27 bits per heavy atom. The summed E-state index contributed by atoms with van der Waals surface area (Å²) in [5.41, 5.74) is 6.91. The van der Waals surface area contributed by atoms with E-state index in [0.29, 0.717) is 18.3 Å². The SMILES string of the molecule is C.COC(=O)CC(C)c1ccnc(-c2ccccc2C)c1.COC(=O)CC(C)c1ccnc(Br)c1.Cc1ccccc1B(O)O. The van der Waals surface area contributed by atoms with E-state index in [4.69, 9.17) is 14.8 Å². The zero-order valence-electron chi connectivity index (χ0n) is 26.0. The van der Waals surface area contributed by atoms with Gasteiger partial charge in [0.15, 0.2) is 0 Å². The zero-order valence-corrected chi connectivity index (χ0v) is 27.6. The summed E-state index contributed by atoms with van der Waals surface area (Å²) in [5.74, 6) is -0.104. The normalized spacial score (nSPS) is 11.2. The fourth-order valence-corrected chi connectivity index (χ4v) is 4.65. The number of hydrogen-bond donors (Lipinski definition) is 2. The van der Waals surface area contributed by atoms with Crippen molar-refractivity contribution in [1.82, 2.24) is 9.97 Å². The molecule has 2 aromatic heterocycles. The van der Waals surface area contributed by atoms with Gasteiger partial charge < -0.3 is 19.5 Å². The second-order valence-electron chi connectivity index (χ2n) is 10.3. The molecule has 0 radical (unpaired) electrons. The van der Waals surface area contributed by atoms with E-state index in [0.717, 1.165) is 32.6 Å². The lowest BCUT2D eigenvalue weighted by Crippen LogP contribution is -2.31. The monoisotopic (exact) mass is 678 g/mol. The number of hydrogen-bond acceptors (Lipinski definition) is 8. The van der Waals surface area contributed by atoms with E-state index in [-0.39, 0.29) is 31.2 Å². The van der Waals surface area contributed by atoms with Crippen molar-refractivity contribution in [2.45, 2.75) is 59.8 Å². The number of halogens is 1. The first-order valence-electron chi connectivity index (χ1n) is 14.1. The van der Waals surface area contributed by atoms with Crippen LogP contribution < -0.4 is 5.46 Å². The number of pyridine rings is 2. The van der Waals surface area contributed by atoms with Crippen LogP contribution in [0.4, 0.5) is 0 Å². The van der Waals surface area contributed by atoms with Gasteiger partial charge in [0.25, 0.3) is 0 Å². The van der Waals surface area contributed by atoms with Crippen LogP contribution >= 0.6 is 15.9 Å². The molecule has 0 saturated heterocycles. The minimum absolute atomic E-state index is 0. The summed E-state index contributed by atoms with van der Waals surface area (Å²) in [7, 11) is 1.47. The Balaban J connectivity index is 0.000000355. The fourth-order valence-electron chi connectivity index (χ4n) is 4.26. The largest absolute Gasteiger partial charge is 0.488 e. The van der Waals surface area contributed by atoms with Gasteiger partial charge in [0.1, 0.15) is 4.60 Å². The number of methoxy groups -OCH3 is 2. The quantitative estimate of drug-likeness (QED) is 0.122. The van der Waals surface area contributed by atoms with E-state index in [1.54, 1.807) is 24.5 Å². The van der Waals surface area contributed by atoms with Gasteiger partial charge >= 0.3 is 19.1 Å². The van der Waals surface area contributed by atoms with Gasteiger partial charge in [-0.1, -0.05) is 75.4 Å². The van der Waals surface area contributed by atoms with E-state index in [1.165, 1.54) is 19.8 Å². The Hall–Kier alpha value is -3.86. The van der Waals surface area contributed by atoms with Crippen LogP contribution in [-0.4, -0.2) is 53.3 Å². The molecule has 2 N–H and O–H groups in total. The Morgan fingerprint density at radius 1 is 0.778 bits per heavy atom. The molecule has 4 aromatic rings. The smallest absolute Gasteiger partial charge is 0.469 e. The summed E-state index contributed by atoms with van der Waals surface area (Å²) in [6.45, 7) is 7.92. The number of aromatic nitrogens is 2. The highest BCUT2D eigenvalue weighted by Crippen LogP contribution is 2.26. The molecule has 240 valence electrons. The zero-order chi connectivity index (χ0) is 32.6. The third-order valence-corrected chi connectivity index (χ3v) is 7.40. The van der Waals surface area contributed by atoms with Gasteiger partial charge in [0.05, 0.1) is 32.8 Å². The number of aryl methyl sites for hydroxylation is 2. The van der Waals surface area contributed by atoms with Gasteiger partial charge in [-0.3, -0.25) is 14.6 Å². The Labute approximate surface area is 276 Å². The van der Waals surface area contributed by atoms with E-state index in [1.807, 2.05) is 63.2 Å². The van der Waals surface area contributed by atoms with E-state index in [2.05, 4.69) is 55.8 Å². The standard InChI is InChI=1S/C17H19NO2.C10H12BrNO2.C7H9BO2.CH4/c1-12-6-4-5-7-15(12)16-11-14(8-9-18-16)13(2)10-17(19)20-3;1-7(5-10(13)14-2)8-3-4-12-9(11)6-8;1-6-4-2-3-5-7(6)8(9)10;/h4-9,11,13H,10H2,1-3H3;3-4,6-7H,5H2,1-2H3;2-5,9-10H,1H3;1H4. The summed E-state index contributed by atoms with van der Waals surface area (Å²) in [6.07, 6.45) is 4.29. The second kappa shape index (κ2) is 20.2. The summed E-state index contributed by atoms with van der Waals surface area (Å²) >= 11 is 3.29. The maximum absolute atomic E-state index is 11.4. The molecule has 0 bridgehead atoms. The second-order valence-corrected chi connectivity index (χ2v) is 11.1. The Bertz CT molecular complexity index is 1500. The third-order valence-electron chi connectivity index (χ3n) is 6.96. The van der Waals surface area contributed by atoms with Crippen LogP contribution in [0.25, 0.3) is 11.3 Å². The molecule has 0 aliphatic heterocycles. The van der Waals surface area contributed by atoms with Crippen LogP contribution in [0.2, 0.25) is 0 Å². The van der Waals surface area contributed by atoms with Crippen molar-refractivity contribution in [3.8, 4) is 11.3 Å². The lowest BCUT2D eigenvalue weighted by Gasteiger charge is -2.12. The number of ether oxygens (including phenoxy) is 2. The molecule has 4 rings (SSSR count). The lowest BCUT2D eigenvalue weighted by molar-refractivity contribution is -0.141. The Morgan fingerprint density at radius 3 is 1.73 bits per heavy atom. The van der Waals surface area contributed by atoms with E-state index >= 15 is 0 Å². The van der Waals surface area contributed by atoms with Gasteiger partial charge in [-0.25, -0.2) is 4.98 Å². The first-order valence-corrected chi connectivity index (χ1v) is 14.9. The number of benzene rings is 2. The number of esters is 2. The minimum Gasteiger partial charge on any atom is -0.469 e. The molecular weight excluding hydrogens is 635 g/mol. The molecule has 0 aliphatic rings. The lowest BCUT2D eigenvalue weighted by atomic mass is 9.77. The molecule has 0 saturated carbocycles. The van der Waals surface area contributed by atoms with Crippen LogP contribution in [0.5, 0.6) is 0 Å². The van der Waals surface area contributed by atoms with Crippen molar-refractivity contribution in [3.05, 3.63) is 112 Å². The van der Waals surface area contributed by atoms with Gasteiger partial charge in [0, 0.05) is 18.0 Å². The molecule has 0 aliphatic carbocycles. The molecule has 0 spiro atoms. The van der Waals surface area contributed by atoms with Crippen LogP contribution in [0.15, 0.2) is 89.8 Å². The molecule has 45 heavy (non-hydrogen) atoms. The van der Waals surface area contributed by atoms with Crippen molar-refractivity contribution in [1.29, 1.82) is 0 Å². The number of rotatable bonds is 8. The van der Waals surface area contributed by atoms with E-state index < -0.39 is 7.12 Å². The maximum Gasteiger partial charge on any atom is 0.488 e. The fraction of sp³-hybridized carbons (Fsp3) is 0.314. The first-order chi connectivity index (χ1) is 21.0. The highest BCUT2D eigenvalue weighted by molar-refractivity contribution is 9.10. The average Bonchev–Trinajstić information content (AvgIpc) is 3.02. The van der Waals surface area contributed by atoms with Gasteiger partial charge in [0.2, 0.25) is 0 Å². The van der Waals surface area contributed by atoms with Gasteiger partial charge in [-0.2, -0.15) is 0 Å². The predicted octanol–water partition coefficient (Wildman–Crippen LogP) is 6.55. The highest BCUT2D eigenvalue weighted by atomic mass is 79.9. The van der Waals surface area contributed by atoms with Crippen LogP contribution in [0.3, 0.4) is 0 Å². The maximum atomic E-state index is 11.4. The third kappa shape index (κ3) is 13.4. The molecular formula is C35H44BBrN2O6. The first kappa shape index (κ1) is 39.2.